The van der Waals surface area contributed by atoms with Crippen LogP contribution in [0.1, 0.15) is 25.0 Å². The van der Waals surface area contributed by atoms with E-state index in [2.05, 4.69) is 34.6 Å². The van der Waals surface area contributed by atoms with E-state index in [9.17, 15) is 4.79 Å². The van der Waals surface area contributed by atoms with E-state index in [0.717, 1.165) is 35.5 Å². The molecule has 3 rings (SSSR count). The maximum atomic E-state index is 12.1. The molecular weight excluding hydrogens is 280 g/mol. The summed E-state index contributed by atoms with van der Waals surface area (Å²) in [5, 5.41) is 6.02. The lowest BCUT2D eigenvalue weighted by Gasteiger charge is -2.16. The molecule has 1 aliphatic rings. The first-order valence-corrected chi connectivity index (χ1v) is 8.13. The molecule has 1 aromatic carbocycles. The second-order valence-corrected chi connectivity index (χ2v) is 6.07. The zero-order chi connectivity index (χ0) is 14.5. The maximum Gasteiger partial charge on any atom is 0.223 e. The van der Waals surface area contributed by atoms with Crippen LogP contribution in [-0.2, 0) is 11.3 Å². The summed E-state index contributed by atoms with van der Waals surface area (Å²) in [4.78, 5) is 16.7. The number of carbonyl (C=O) groups excluding carboxylic acids is 1. The summed E-state index contributed by atoms with van der Waals surface area (Å²) < 4.78 is 0. The molecule has 3 nitrogen and oxygen atoms in total. The highest BCUT2D eigenvalue weighted by Gasteiger charge is 2.18. The molecule has 1 atom stereocenters. The Kier molecular flexibility index (Phi) is 4.46. The molecule has 1 aliphatic carbocycles. The zero-order valence-corrected chi connectivity index (χ0v) is 12.6. The van der Waals surface area contributed by atoms with Crippen LogP contribution in [0, 0.1) is 5.92 Å². The topological polar surface area (TPSA) is 42.0 Å². The minimum atomic E-state index is 0.127. The molecule has 4 heteroatoms. The van der Waals surface area contributed by atoms with Gasteiger partial charge in [-0.3, -0.25) is 4.79 Å². The molecule has 1 aromatic heterocycles. The molecule has 1 unspecified atom stereocenters. The highest BCUT2D eigenvalue weighted by atomic mass is 32.1. The lowest BCUT2D eigenvalue weighted by Crippen LogP contribution is -2.30. The lowest BCUT2D eigenvalue weighted by molar-refractivity contribution is -0.125. The number of hydrogen-bond donors (Lipinski definition) is 1. The fourth-order valence-electron chi connectivity index (χ4n) is 2.46. The first-order valence-electron chi connectivity index (χ1n) is 7.25. The Morgan fingerprint density at radius 2 is 2.14 bits per heavy atom. The van der Waals surface area contributed by atoms with Crippen LogP contribution in [0.3, 0.4) is 0 Å². The fourth-order valence-corrected chi connectivity index (χ4v) is 3.28. The minimum absolute atomic E-state index is 0.127. The molecule has 2 aromatic rings. The molecule has 1 amide bonds. The van der Waals surface area contributed by atoms with Crippen molar-refractivity contribution in [3.8, 4) is 10.6 Å². The highest BCUT2D eigenvalue weighted by molar-refractivity contribution is 7.13. The lowest BCUT2D eigenvalue weighted by atomic mass is 9.94. The fraction of sp³-hybridized carbons (Fsp3) is 0.294. The molecule has 0 bridgehead atoms. The van der Waals surface area contributed by atoms with Crippen molar-refractivity contribution in [1.82, 2.24) is 10.3 Å². The largest absolute Gasteiger partial charge is 0.350 e. The van der Waals surface area contributed by atoms with Gasteiger partial charge in [0.05, 0.1) is 12.2 Å². The standard InChI is InChI=1S/C17H18N2OS/c20-16(13-7-3-1-4-8-13)18-11-15-12-21-17(19-15)14-9-5-2-6-10-14/h1-3,5-6,9-10,12-13H,4,7-8,11H2,(H,18,20). The van der Waals surface area contributed by atoms with Crippen LogP contribution in [-0.4, -0.2) is 10.9 Å². The van der Waals surface area contributed by atoms with Crippen LogP contribution >= 0.6 is 11.3 Å². The van der Waals surface area contributed by atoms with Gasteiger partial charge in [0.2, 0.25) is 5.91 Å². The smallest absolute Gasteiger partial charge is 0.223 e. The Hall–Kier alpha value is -1.94. The Morgan fingerprint density at radius 1 is 1.29 bits per heavy atom. The molecule has 0 aliphatic heterocycles. The molecule has 0 saturated carbocycles. The van der Waals surface area contributed by atoms with Crippen molar-refractivity contribution in [3.63, 3.8) is 0 Å². The summed E-state index contributed by atoms with van der Waals surface area (Å²) in [6.07, 6.45) is 7.07. The number of aromatic nitrogens is 1. The van der Waals surface area contributed by atoms with Crippen molar-refractivity contribution in [2.75, 3.05) is 0 Å². The number of allylic oxidation sites excluding steroid dienone is 2. The van der Waals surface area contributed by atoms with Gasteiger partial charge in [-0.2, -0.15) is 0 Å². The van der Waals surface area contributed by atoms with Crippen molar-refractivity contribution in [2.24, 2.45) is 5.92 Å². The van der Waals surface area contributed by atoms with Gasteiger partial charge in [-0.25, -0.2) is 4.98 Å². The summed E-state index contributed by atoms with van der Waals surface area (Å²) in [7, 11) is 0. The van der Waals surface area contributed by atoms with Gasteiger partial charge in [-0.15, -0.1) is 11.3 Å². The van der Waals surface area contributed by atoms with Crippen molar-refractivity contribution >= 4 is 17.2 Å². The SMILES string of the molecule is O=C(NCc1csc(-c2ccccc2)n1)C1CC=CCC1. The number of rotatable bonds is 4. The van der Waals surface area contributed by atoms with Gasteiger partial charge in [-0.05, 0) is 19.3 Å². The number of carbonyl (C=O) groups is 1. The Balaban J connectivity index is 1.58. The van der Waals surface area contributed by atoms with Crippen molar-refractivity contribution in [1.29, 1.82) is 0 Å². The summed E-state index contributed by atoms with van der Waals surface area (Å²) in [5.74, 6) is 0.274. The molecule has 1 N–H and O–H groups in total. The monoisotopic (exact) mass is 298 g/mol. The number of benzene rings is 1. The summed E-state index contributed by atoms with van der Waals surface area (Å²) in [6, 6.07) is 10.1. The predicted molar refractivity (Wildman–Crippen MR) is 85.9 cm³/mol. The summed E-state index contributed by atoms with van der Waals surface area (Å²) in [6.45, 7) is 0.516. The van der Waals surface area contributed by atoms with Gasteiger partial charge in [0.25, 0.3) is 0 Å². The summed E-state index contributed by atoms with van der Waals surface area (Å²) in [5.41, 5.74) is 2.05. The second kappa shape index (κ2) is 6.68. The van der Waals surface area contributed by atoms with Crippen LogP contribution < -0.4 is 5.32 Å². The van der Waals surface area contributed by atoms with Crippen molar-refractivity contribution in [3.05, 3.63) is 53.6 Å². The van der Waals surface area contributed by atoms with Gasteiger partial charge in [0.1, 0.15) is 5.01 Å². The van der Waals surface area contributed by atoms with Crippen LogP contribution in [0.25, 0.3) is 10.6 Å². The third-order valence-electron chi connectivity index (χ3n) is 3.66. The van der Waals surface area contributed by atoms with Crippen molar-refractivity contribution < 1.29 is 4.79 Å². The number of hydrogen-bond acceptors (Lipinski definition) is 3. The first kappa shape index (κ1) is 14.0. The van der Waals surface area contributed by atoms with E-state index >= 15 is 0 Å². The second-order valence-electron chi connectivity index (χ2n) is 5.21. The zero-order valence-electron chi connectivity index (χ0n) is 11.8. The van der Waals surface area contributed by atoms with Gasteiger partial charge in [-0.1, -0.05) is 42.5 Å². The Labute approximate surface area is 128 Å². The molecule has 1 heterocycles. The molecular formula is C17H18N2OS. The quantitative estimate of drug-likeness (QED) is 0.873. The van der Waals surface area contributed by atoms with E-state index in [4.69, 9.17) is 0 Å². The third kappa shape index (κ3) is 3.58. The molecule has 21 heavy (non-hydrogen) atoms. The molecule has 108 valence electrons. The number of amides is 1. The van der Waals surface area contributed by atoms with Crippen LogP contribution in [0.4, 0.5) is 0 Å². The predicted octanol–water partition coefficient (Wildman–Crippen LogP) is 3.78. The van der Waals surface area contributed by atoms with E-state index in [1.165, 1.54) is 0 Å². The number of thiazole rings is 1. The third-order valence-corrected chi connectivity index (χ3v) is 4.60. The molecule has 0 saturated heterocycles. The molecule has 0 spiro atoms. The Morgan fingerprint density at radius 3 is 2.90 bits per heavy atom. The highest BCUT2D eigenvalue weighted by Crippen LogP contribution is 2.23. The maximum absolute atomic E-state index is 12.1. The van der Waals surface area contributed by atoms with Crippen LogP contribution in [0.2, 0.25) is 0 Å². The number of nitrogens with zero attached hydrogens (tertiary/aromatic N) is 1. The average molecular weight is 298 g/mol. The van der Waals surface area contributed by atoms with Crippen molar-refractivity contribution in [2.45, 2.75) is 25.8 Å². The van der Waals surface area contributed by atoms with Gasteiger partial charge in [0, 0.05) is 16.9 Å². The van der Waals surface area contributed by atoms with E-state index in [0.29, 0.717) is 6.54 Å². The molecule has 0 fully saturated rings. The summed E-state index contributed by atoms with van der Waals surface area (Å²) >= 11 is 1.62. The van der Waals surface area contributed by atoms with Gasteiger partial charge in [0.15, 0.2) is 0 Å². The first-order chi connectivity index (χ1) is 10.3. The van der Waals surface area contributed by atoms with Crippen LogP contribution in [0.5, 0.6) is 0 Å². The number of nitrogens with one attached hydrogen (secondary N) is 1. The van der Waals surface area contributed by atoms with Gasteiger partial charge < -0.3 is 5.32 Å². The van der Waals surface area contributed by atoms with E-state index < -0.39 is 0 Å². The normalized spacial score (nSPS) is 17.6. The minimum Gasteiger partial charge on any atom is -0.350 e. The van der Waals surface area contributed by atoms with E-state index in [1.807, 2.05) is 23.6 Å². The van der Waals surface area contributed by atoms with E-state index in [-0.39, 0.29) is 11.8 Å². The average Bonchev–Trinajstić information content (AvgIpc) is 3.03. The molecule has 0 radical (unpaired) electrons. The van der Waals surface area contributed by atoms with E-state index in [1.54, 1.807) is 11.3 Å². The van der Waals surface area contributed by atoms with Crippen LogP contribution in [0.15, 0.2) is 47.9 Å². The Bertz CT molecular complexity index is 633. The van der Waals surface area contributed by atoms with Gasteiger partial charge >= 0.3 is 0 Å².